The van der Waals surface area contributed by atoms with Gasteiger partial charge in [0.25, 0.3) is 5.91 Å². The van der Waals surface area contributed by atoms with Crippen LogP contribution in [0.5, 0.6) is 0 Å². The minimum atomic E-state index is 0.110. The number of rotatable bonds is 6. The summed E-state index contributed by atoms with van der Waals surface area (Å²) < 4.78 is 0. The second kappa shape index (κ2) is 7.93. The summed E-state index contributed by atoms with van der Waals surface area (Å²) in [6.07, 6.45) is 3.82. The zero-order chi connectivity index (χ0) is 17.6. The van der Waals surface area contributed by atoms with Crippen molar-refractivity contribution in [2.24, 2.45) is 0 Å². The molecule has 128 valence electrons. The second-order valence-corrected chi connectivity index (χ2v) is 6.29. The minimum Gasteiger partial charge on any atom is -0.339 e. The molecule has 0 N–H and O–H groups in total. The van der Waals surface area contributed by atoms with Crippen LogP contribution in [0, 0.1) is 0 Å². The molecule has 3 rings (SSSR count). The van der Waals surface area contributed by atoms with Crippen molar-refractivity contribution in [3.8, 4) is 11.1 Å². The number of hydrogen-bond donors (Lipinski definition) is 0. The molecule has 0 saturated carbocycles. The van der Waals surface area contributed by atoms with Gasteiger partial charge >= 0.3 is 0 Å². The van der Waals surface area contributed by atoms with Gasteiger partial charge in [0.1, 0.15) is 0 Å². The first-order valence-electron chi connectivity index (χ1n) is 8.97. The zero-order valence-electron chi connectivity index (χ0n) is 14.9. The summed E-state index contributed by atoms with van der Waals surface area (Å²) in [4.78, 5) is 19.3. The van der Waals surface area contributed by atoms with Crippen molar-refractivity contribution >= 4 is 16.8 Å². The number of pyridine rings is 1. The number of hydrogen-bond acceptors (Lipinski definition) is 2. The summed E-state index contributed by atoms with van der Waals surface area (Å²) >= 11 is 0. The topological polar surface area (TPSA) is 33.2 Å². The highest BCUT2D eigenvalue weighted by molar-refractivity contribution is 5.95. The van der Waals surface area contributed by atoms with Crippen LogP contribution in [0.4, 0.5) is 0 Å². The molecule has 1 amide bonds. The van der Waals surface area contributed by atoms with Crippen LogP contribution in [0.1, 0.15) is 37.0 Å². The lowest BCUT2D eigenvalue weighted by Crippen LogP contribution is -2.32. The van der Waals surface area contributed by atoms with Gasteiger partial charge in [-0.1, -0.05) is 44.2 Å². The lowest BCUT2D eigenvalue weighted by Gasteiger charge is -2.21. The molecule has 3 heteroatoms. The molecule has 0 aliphatic carbocycles. The SMILES string of the molecule is CCCN(CCC)C(=O)c1cccc(-c2cnc3ccccc3c2)c1. The lowest BCUT2D eigenvalue weighted by molar-refractivity contribution is 0.0755. The second-order valence-electron chi connectivity index (χ2n) is 6.29. The monoisotopic (exact) mass is 332 g/mol. The van der Waals surface area contributed by atoms with Crippen LogP contribution in [-0.2, 0) is 0 Å². The average molecular weight is 332 g/mol. The predicted octanol–water partition coefficient (Wildman–Crippen LogP) is 5.16. The predicted molar refractivity (Wildman–Crippen MR) is 104 cm³/mol. The van der Waals surface area contributed by atoms with Crippen LogP contribution in [0.25, 0.3) is 22.0 Å². The van der Waals surface area contributed by atoms with Gasteiger partial charge in [0.2, 0.25) is 0 Å². The smallest absolute Gasteiger partial charge is 0.253 e. The summed E-state index contributed by atoms with van der Waals surface area (Å²) in [5.41, 5.74) is 3.78. The summed E-state index contributed by atoms with van der Waals surface area (Å²) in [6.45, 7) is 5.81. The van der Waals surface area contributed by atoms with E-state index in [1.54, 1.807) is 0 Å². The lowest BCUT2D eigenvalue weighted by atomic mass is 10.0. The van der Waals surface area contributed by atoms with Gasteiger partial charge in [0.15, 0.2) is 0 Å². The van der Waals surface area contributed by atoms with E-state index in [9.17, 15) is 4.79 Å². The maximum atomic E-state index is 12.8. The van der Waals surface area contributed by atoms with Crippen LogP contribution in [0.15, 0.2) is 60.8 Å². The highest BCUT2D eigenvalue weighted by Crippen LogP contribution is 2.24. The molecule has 0 radical (unpaired) electrons. The molecule has 0 bridgehead atoms. The molecule has 0 aliphatic rings. The average Bonchev–Trinajstić information content (AvgIpc) is 2.67. The highest BCUT2D eigenvalue weighted by atomic mass is 16.2. The molecule has 0 fully saturated rings. The fraction of sp³-hybridized carbons (Fsp3) is 0.273. The van der Waals surface area contributed by atoms with Gasteiger partial charge in [-0.3, -0.25) is 9.78 Å². The third kappa shape index (κ3) is 3.87. The minimum absolute atomic E-state index is 0.110. The maximum absolute atomic E-state index is 12.8. The molecule has 2 aromatic carbocycles. The van der Waals surface area contributed by atoms with E-state index in [4.69, 9.17) is 0 Å². The van der Waals surface area contributed by atoms with Gasteiger partial charge in [-0.05, 0) is 42.7 Å². The van der Waals surface area contributed by atoms with E-state index in [1.165, 1.54) is 0 Å². The third-order valence-corrected chi connectivity index (χ3v) is 4.31. The maximum Gasteiger partial charge on any atom is 0.253 e. The molecule has 3 aromatic rings. The van der Waals surface area contributed by atoms with Crippen molar-refractivity contribution in [3.63, 3.8) is 0 Å². The Kier molecular flexibility index (Phi) is 5.44. The van der Waals surface area contributed by atoms with Crippen LogP contribution in [0.3, 0.4) is 0 Å². The summed E-state index contributed by atoms with van der Waals surface area (Å²) in [5.74, 6) is 0.110. The number of para-hydroxylation sites is 1. The molecule has 25 heavy (non-hydrogen) atoms. The van der Waals surface area contributed by atoms with E-state index >= 15 is 0 Å². The normalized spacial score (nSPS) is 10.8. The van der Waals surface area contributed by atoms with Gasteiger partial charge < -0.3 is 4.90 Å². The van der Waals surface area contributed by atoms with Gasteiger partial charge in [-0.25, -0.2) is 0 Å². The Hall–Kier alpha value is -2.68. The molecule has 0 atom stereocenters. The first-order chi connectivity index (χ1) is 12.2. The Labute approximate surface area is 149 Å². The van der Waals surface area contributed by atoms with Crippen LogP contribution < -0.4 is 0 Å². The van der Waals surface area contributed by atoms with Gasteiger partial charge in [0.05, 0.1) is 5.52 Å². The quantitative estimate of drug-likeness (QED) is 0.624. The molecule has 0 saturated heterocycles. The van der Waals surface area contributed by atoms with E-state index in [-0.39, 0.29) is 5.91 Å². The van der Waals surface area contributed by atoms with Crippen molar-refractivity contribution in [1.82, 2.24) is 9.88 Å². The van der Waals surface area contributed by atoms with E-state index in [0.29, 0.717) is 0 Å². The van der Waals surface area contributed by atoms with Crippen molar-refractivity contribution in [3.05, 3.63) is 66.4 Å². The molecule has 0 spiro atoms. The Bertz CT molecular complexity index is 867. The summed E-state index contributed by atoms with van der Waals surface area (Å²) in [5, 5.41) is 1.11. The Balaban J connectivity index is 1.93. The van der Waals surface area contributed by atoms with E-state index in [1.807, 2.05) is 53.6 Å². The number of benzene rings is 2. The van der Waals surface area contributed by atoms with Gasteiger partial charge in [0, 0.05) is 35.8 Å². The van der Waals surface area contributed by atoms with Crippen molar-refractivity contribution in [2.75, 3.05) is 13.1 Å². The largest absolute Gasteiger partial charge is 0.339 e. The molecule has 1 heterocycles. The van der Waals surface area contributed by atoms with E-state index < -0.39 is 0 Å². The van der Waals surface area contributed by atoms with Gasteiger partial charge in [-0.15, -0.1) is 0 Å². The number of amides is 1. The molecule has 0 unspecified atom stereocenters. The Morgan fingerprint density at radius 1 is 0.920 bits per heavy atom. The zero-order valence-corrected chi connectivity index (χ0v) is 14.9. The van der Waals surface area contributed by atoms with Crippen molar-refractivity contribution < 1.29 is 4.79 Å². The number of aromatic nitrogens is 1. The van der Waals surface area contributed by atoms with Gasteiger partial charge in [-0.2, -0.15) is 0 Å². The summed E-state index contributed by atoms with van der Waals surface area (Å²) in [6, 6.07) is 18.1. The standard InChI is InChI=1S/C22H24N2O/c1-3-12-24(13-4-2)22(25)19-10-7-9-17(14-19)20-15-18-8-5-6-11-21(18)23-16-20/h5-11,14-16H,3-4,12-13H2,1-2H3. The number of carbonyl (C=O) groups excluding carboxylic acids is 1. The van der Waals surface area contributed by atoms with Crippen LogP contribution in [-0.4, -0.2) is 28.9 Å². The molecular formula is C22H24N2O. The Morgan fingerprint density at radius 2 is 1.68 bits per heavy atom. The first-order valence-corrected chi connectivity index (χ1v) is 8.97. The molecule has 1 aromatic heterocycles. The first kappa shape index (κ1) is 17.2. The fourth-order valence-corrected chi connectivity index (χ4v) is 3.10. The van der Waals surface area contributed by atoms with Crippen molar-refractivity contribution in [2.45, 2.75) is 26.7 Å². The number of carbonyl (C=O) groups is 1. The highest BCUT2D eigenvalue weighted by Gasteiger charge is 2.14. The third-order valence-electron chi connectivity index (χ3n) is 4.31. The number of nitrogens with zero attached hydrogens (tertiary/aromatic N) is 2. The van der Waals surface area contributed by atoms with Crippen molar-refractivity contribution in [1.29, 1.82) is 0 Å². The van der Waals surface area contributed by atoms with E-state index in [2.05, 4.69) is 31.0 Å². The molecule has 3 nitrogen and oxygen atoms in total. The molecular weight excluding hydrogens is 308 g/mol. The number of fused-ring (bicyclic) bond motifs is 1. The Morgan fingerprint density at radius 3 is 2.44 bits per heavy atom. The van der Waals surface area contributed by atoms with E-state index in [0.717, 1.165) is 53.5 Å². The molecule has 0 aliphatic heterocycles. The van der Waals surface area contributed by atoms with Crippen LogP contribution in [0.2, 0.25) is 0 Å². The fourth-order valence-electron chi connectivity index (χ4n) is 3.10. The van der Waals surface area contributed by atoms with Crippen LogP contribution >= 0.6 is 0 Å². The summed E-state index contributed by atoms with van der Waals surface area (Å²) in [7, 11) is 0.